The fourth-order valence-electron chi connectivity index (χ4n) is 2.92. The highest BCUT2D eigenvalue weighted by Gasteiger charge is 2.20. The zero-order chi connectivity index (χ0) is 22.5. The predicted molar refractivity (Wildman–Crippen MR) is 112 cm³/mol. The van der Waals surface area contributed by atoms with Gasteiger partial charge in [0.25, 0.3) is 5.56 Å². The molecule has 11 nitrogen and oxygen atoms in total. The average Bonchev–Trinajstić information content (AvgIpc) is 3.29. The van der Waals surface area contributed by atoms with Gasteiger partial charge in [0, 0.05) is 0 Å². The fourth-order valence-corrected chi connectivity index (χ4v) is 2.92. The topological polar surface area (TPSA) is 134 Å². The molecule has 0 saturated heterocycles. The van der Waals surface area contributed by atoms with Gasteiger partial charge >= 0.3 is 0 Å². The quantitative estimate of drug-likeness (QED) is 0.437. The predicted octanol–water partition coefficient (Wildman–Crippen LogP) is 1.64. The van der Waals surface area contributed by atoms with Gasteiger partial charge in [0.2, 0.25) is 17.6 Å². The Morgan fingerprint density at radius 2 is 1.91 bits per heavy atom. The number of fused-ring (bicyclic) bond motifs is 1. The second-order valence-electron chi connectivity index (χ2n) is 6.82. The Balaban J connectivity index is 1.33. The summed E-state index contributed by atoms with van der Waals surface area (Å²) in [6.45, 7) is 1.65. The molecule has 2 aromatic heterocycles. The van der Waals surface area contributed by atoms with Crippen molar-refractivity contribution in [2.24, 2.45) is 0 Å². The van der Waals surface area contributed by atoms with Crippen LogP contribution >= 0.6 is 0 Å². The van der Waals surface area contributed by atoms with Crippen LogP contribution in [0.5, 0.6) is 11.5 Å². The molecule has 0 spiro atoms. The Hall–Kier alpha value is -4.28. The van der Waals surface area contributed by atoms with Gasteiger partial charge in [0.05, 0.1) is 19.0 Å². The molecule has 0 fully saturated rings. The molecule has 2 heterocycles. The largest absolute Gasteiger partial charge is 0.497 e. The van der Waals surface area contributed by atoms with E-state index in [1.54, 1.807) is 62.6 Å². The number of benzene rings is 2. The number of hydrogen-bond donors (Lipinski definition) is 1. The van der Waals surface area contributed by atoms with Crippen molar-refractivity contribution in [2.45, 2.75) is 26.1 Å². The van der Waals surface area contributed by atoms with Gasteiger partial charge in [-0.05, 0) is 43.3 Å². The Morgan fingerprint density at radius 3 is 2.69 bits per heavy atom. The minimum absolute atomic E-state index is 0.00549. The van der Waals surface area contributed by atoms with Crippen molar-refractivity contribution in [3.8, 4) is 11.5 Å². The van der Waals surface area contributed by atoms with Crippen LogP contribution in [0.3, 0.4) is 0 Å². The summed E-state index contributed by atoms with van der Waals surface area (Å²) >= 11 is 0. The van der Waals surface area contributed by atoms with Crippen LogP contribution in [0.15, 0.2) is 57.8 Å². The van der Waals surface area contributed by atoms with Crippen molar-refractivity contribution in [2.75, 3.05) is 7.11 Å². The maximum absolute atomic E-state index is 12.6. The summed E-state index contributed by atoms with van der Waals surface area (Å²) in [5.74, 6) is 1.44. The molecule has 0 radical (unpaired) electrons. The third-order valence-electron chi connectivity index (χ3n) is 4.69. The summed E-state index contributed by atoms with van der Waals surface area (Å²) in [4.78, 5) is 29.3. The van der Waals surface area contributed by atoms with Gasteiger partial charge in [-0.3, -0.25) is 9.59 Å². The van der Waals surface area contributed by atoms with Gasteiger partial charge in [-0.25, -0.2) is 0 Å². The van der Waals surface area contributed by atoms with Gasteiger partial charge in [-0.2, -0.15) is 9.67 Å². The molecular formula is C21H20N6O5. The van der Waals surface area contributed by atoms with E-state index in [1.807, 2.05) is 0 Å². The van der Waals surface area contributed by atoms with Crippen LogP contribution in [0.1, 0.15) is 24.7 Å². The molecule has 32 heavy (non-hydrogen) atoms. The molecule has 1 atom stereocenters. The highest BCUT2D eigenvalue weighted by molar-refractivity contribution is 5.80. The first-order valence-corrected chi connectivity index (χ1v) is 9.75. The summed E-state index contributed by atoms with van der Waals surface area (Å²) in [6.07, 6.45) is 0. The Bertz CT molecular complexity index is 1280. The van der Waals surface area contributed by atoms with Crippen molar-refractivity contribution in [3.05, 3.63) is 70.6 Å². The van der Waals surface area contributed by atoms with E-state index < -0.39 is 17.5 Å². The molecule has 2 aromatic carbocycles. The van der Waals surface area contributed by atoms with Crippen LogP contribution in [0.4, 0.5) is 0 Å². The van der Waals surface area contributed by atoms with E-state index >= 15 is 0 Å². The van der Waals surface area contributed by atoms with Crippen LogP contribution < -0.4 is 20.3 Å². The highest BCUT2D eigenvalue weighted by atomic mass is 16.5. The fraction of sp³-hybridized carbons (Fsp3) is 0.238. The summed E-state index contributed by atoms with van der Waals surface area (Å²) in [5.41, 5.74) is 0.0746. The molecule has 1 unspecified atom stereocenters. The summed E-state index contributed by atoms with van der Waals surface area (Å²) in [7, 11) is 1.59. The van der Waals surface area contributed by atoms with Crippen LogP contribution in [0.25, 0.3) is 10.9 Å². The van der Waals surface area contributed by atoms with E-state index in [9.17, 15) is 9.59 Å². The first-order chi connectivity index (χ1) is 15.5. The van der Waals surface area contributed by atoms with Gasteiger partial charge in [0.1, 0.15) is 23.1 Å². The lowest BCUT2D eigenvalue weighted by molar-refractivity contribution is -0.124. The van der Waals surface area contributed by atoms with Crippen LogP contribution in [-0.4, -0.2) is 38.2 Å². The number of carbonyl (C=O) groups is 1. The number of nitrogens with one attached hydrogen (secondary N) is 1. The Morgan fingerprint density at radius 1 is 1.16 bits per heavy atom. The number of ether oxygens (including phenoxy) is 2. The number of nitrogens with zero attached hydrogens (tertiary/aromatic N) is 5. The van der Waals surface area contributed by atoms with Crippen LogP contribution in [-0.2, 0) is 17.9 Å². The standard InChI is InChI=1S/C21H20N6O5/c1-13(27-21(29)16-5-3-4-6-17(16)24-26-27)20(28)22-11-19-23-18(25-32-19)12-31-15-9-7-14(30-2)8-10-15/h3-10,13H,11-12H2,1-2H3,(H,22,28). The molecule has 11 heteroatoms. The smallest absolute Gasteiger partial charge is 0.278 e. The number of methoxy groups -OCH3 is 1. The SMILES string of the molecule is COc1ccc(OCc2noc(CNC(=O)C(C)n3nnc4ccccc4c3=O)n2)cc1. The lowest BCUT2D eigenvalue weighted by Gasteiger charge is -2.12. The van der Waals surface area contributed by atoms with Crippen molar-refractivity contribution in [1.82, 2.24) is 30.5 Å². The highest BCUT2D eigenvalue weighted by Crippen LogP contribution is 2.17. The lowest BCUT2D eigenvalue weighted by atomic mass is 10.2. The first kappa shape index (κ1) is 21.0. The molecule has 1 N–H and O–H groups in total. The van der Waals surface area contributed by atoms with Crippen molar-refractivity contribution >= 4 is 16.8 Å². The molecule has 1 amide bonds. The van der Waals surface area contributed by atoms with Crippen molar-refractivity contribution < 1.29 is 18.8 Å². The summed E-state index contributed by atoms with van der Waals surface area (Å²) in [5, 5.41) is 14.7. The number of amides is 1. The number of hydrogen-bond acceptors (Lipinski definition) is 9. The van der Waals surface area contributed by atoms with Crippen molar-refractivity contribution in [3.63, 3.8) is 0 Å². The van der Waals surface area contributed by atoms with E-state index in [0.29, 0.717) is 22.5 Å². The van der Waals surface area contributed by atoms with Gasteiger partial charge in [0.15, 0.2) is 6.61 Å². The van der Waals surface area contributed by atoms with Crippen molar-refractivity contribution in [1.29, 1.82) is 0 Å². The molecule has 4 rings (SSSR count). The number of carbonyl (C=O) groups excluding carboxylic acids is 1. The van der Waals surface area contributed by atoms with E-state index in [0.717, 1.165) is 10.4 Å². The Kier molecular flexibility index (Phi) is 6.06. The van der Waals surface area contributed by atoms with Crippen LogP contribution in [0.2, 0.25) is 0 Å². The zero-order valence-corrected chi connectivity index (χ0v) is 17.4. The molecule has 0 aliphatic carbocycles. The summed E-state index contributed by atoms with van der Waals surface area (Å²) < 4.78 is 16.9. The molecular weight excluding hydrogens is 416 g/mol. The van der Waals surface area contributed by atoms with Crippen LogP contribution in [0, 0.1) is 0 Å². The number of aromatic nitrogens is 5. The van der Waals surface area contributed by atoms with E-state index in [4.69, 9.17) is 14.0 Å². The van der Waals surface area contributed by atoms with Gasteiger partial charge < -0.3 is 19.3 Å². The monoisotopic (exact) mass is 436 g/mol. The second kappa shape index (κ2) is 9.25. The normalized spacial score (nSPS) is 11.8. The molecule has 0 aliphatic heterocycles. The second-order valence-corrected chi connectivity index (χ2v) is 6.82. The molecule has 0 saturated carbocycles. The van der Waals surface area contributed by atoms with Gasteiger partial charge in [-0.15, -0.1) is 5.10 Å². The first-order valence-electron chi connectivity index (χ1n) is 9.75. The van der Waals surface area contributed by atoms with E-state index in [2.05, 4.69) is 25.8 Å². The maximum Gasteiger partial charge on any atom is 0.278 e. The Labute approximate surface area is 182 Å². The minimum Gasteiger partial charge on any atom is -0.497 e. The van der Waals surface area contributed by atoms with Gasteiger partial charge in [-0.1, -0.05) is 22.5 Å². The van der Waals surface area contributed by atoms with E-state index in [1.165, 1.54) is 0 Å². The lowest BCUT2D eigenvalue weighted by Crippen LogP contribution is -2.37. The van der Waals surface area contributed by atoms with E-state index in [-0.39, 0.29) is 19.0 Å². The molecule has 4 aromatic rings. The minimum atomic E-state index is -0.875. The average molecular weight is 436 g/mol. The molecule has 164 valence electrons. The molecule has 0 aliphatic rings. The molecule has 0 bridgehead atoms. The zero-order valence-electron chi connectivity index (χ0n) is 17.4. The maximum atomic E-state index is 12.6. The summed E-state index contributed by atoms with van der Waals surface area (Å²) in [6, 6.07) is 13.0. The third kappa shape index (κ3) is 4.56. The number of rotatable bonds is 8. The third-order valence-corrected chi connectivity index (χ3v) is 4.69.